The molecule has 0 heterocycles. The Morgan fingerprint density at radius 2 is 1.56 bits per heavy atom. The quantitative estimate of drug-likeness (QED) is 0.366. The zero-order valence-corrected chi connectivity index (χ0v) is 13.8. The first-order valence-corrected chi connectivity index (χ1v) is 7.85. The molecule has 0 bridgehead atoms. The van der Waals surface area contributed by atoms with Gasteiger partial charge in [-0.3, -0.25) is 14.8 Å². The fourth-order valence-electron chi connectivity index (χ4n) is 2.23. The summed E-state index contributed by atoms with van der Waals surface area (Å²) in [6, 6.07) is 15.1. The molecule has 6 heteroatoms. The summed E-state index contributed by atoms with van der Waals surface area (Å²) in [7, 11) is 0. The second kappa shape index (κ2) is 8.77. The summed E-state index contributed by atoms with van der Waals surface area (Å²) in [4.78, 5) is 23.8. The van der Waals surface area contributed by atoms with Gasteiger partial charge < -0.3 is 11.1 Å². The number of hydrogen-bond acceptors (Lipinski definition) is 4. The maximum Gasteiger partial charge on any atom is 0.267 e. The Bertz CT molecular complexity index is 740. The van der Waals surface area contributed by atoms with E-state index in [1.54, 1.807) is 31.2 Å². The van der Waals surface area contributed by atoms with Gasteiger partial charge in [-0.05, 0) is 30.2 Å². The van der Waals surface area contributed by atoms with E-state index in [2.05, 4.69) is 5.32 Å². The van der Waals surface area contributed by atoms with Gasteiger partial charge in [-0.25, -0.2) is 5.48 Å². The van der Waals surface area contributed by atoms with Crippen LogP contribution >= 0.6 is 0 Å². The van der Waals surface area contributed by atoms with Gasteiger partial charge in [0.15, 0.2) is 0 Å². The van der Waals surface area contributed by atoms with E-state index in [0.717, 1.165) is 11.1 Å². The molecule has 6 nitrogen and oxygen atoms in total. The maximum absolute atomic E-state index is 12.2. The highest BCUT2D eigenvalue weighted by Crippen LogP contribution is 2.10. The van der Waals surface area contributed by atoms with Gasteiger partial charge >= 0.3 is 0 Å². The Labute approximate surface area is 146 Å². The number of nitrogens with one attached hydrogen (secondary N) is 2. The predicted octanol–water partition coefficient (Wildman–Crippen LogP) is 1.81. The summed E-state index contributed by atoms with van der Waals surface area (Å²) in [6.45, 7) is 1.57. The van der Waals surface area contributed by atoms with Crippen LogP contribution in [0.15, 0.2) is 54.6 Å². The van der Waals surface area contributed by atoms with Crippen molar-refractivity contribution in [2.24, 2.45) is 5.73 Å². The second-order valence-electron chi connectivity index (χ2n) is 5.65. The maximum atomic E-state index is 12.2. The molecular weight excluding hydrogens is 318 g/mol. The molecule has 0 aliphatic carbocycles. The highest BCUT2D eigenvalue weighted by Gasteiger charge is 2.24. The third-order valence-corrected chi connectivity index (χ3v) is 3.65. The van der Waals surface area contributed by atoms with Crippen LogP contribution in [0.1, 0.15) is 28.4 Å². The summed E-state index contributed by atoms with van der Waals surface area (Å²) in [5.74, 6) is -1.20. The lowest BCUT2D eigenvalue weighted by molar-refractivity contribution is -0.131. The first-order chi connectivity index (χ1) is 12.0. The largest absolute Gasteiger partial charge is 0.339 e. The minimum absolute atomic E-state index is 0.397. The molecule has 0 aliphatic rings. The molecule has 0 radical (unpaired) electrons. The zero-order chi connectivity index (χ0) is 18.2. The molecule has 130 valence electrons. The van der Waals surface area contributed by atoms with Crippen molar-refractivity contribution in [3.8, 4) is 0 Å². The molecule has 0 fully saturated rings. The van der Waals surface area contributed by atoms with Crippen LogP contribution in [-0.4, -0.2) is 29.1 Å². The van der Waals surface area contributed by atoms with Gasteiger partial charge in [0.05, 0.1) is 0 Å². The van der Waals surface area contributed by atoms with Crippen LogP contribution in [0.2, 0.25) is 0 Å². The Morgan fingerprint density at radius 1 is 1.00 bits per heavy atom. The van der Waals surface area contributed by atoms with Crippen LogP contribution in [-0.2, 0) is 4.79 Å². The summed E-state index contributed by atoms with van der Waals surface area (Å²) in [6.07, 6.45) is 3.92. The number of carbonyl (C=O) groups is 2. The van der Waals surface area contributed by atoms with Crippen molar-refractivity contribution in [2.75, 3.05) is 0 Å². The third-order valence-electron chi connectivity index (χ3n) is 3.65. The second-order valence-corrected chi connectivity index (χ2v) is 5.65. The Balaban J connectivity index is 2.04. The van der Waals surface area contributed by atoms with Gasteiger partial charge in [0.2, 0.25) is 0 Å². The molecule has 0 saturated heterocycles. The van der Waals surface area contributed by atoms with Crippen LogP contribution in [0.3, 0.4) is 0 Å². The Kier molecular flexibility index (Phi) is 6.45. The molecule has 2 aromatic rings. The number of amides is 2. The first kappa shape index (κ1) is 18.4. The highest BCUT2D eigenvalue weighted by atomic mass is 16.5. The monoisotopic (exact) mass is 339 g/mol. The molecule has 2 aromatic carbocycles. The molecule has 2 atom stereocenters. The summed E-state index contributed by atoms with van der Waals surface area (Å²) in [5, 5.41) is 11.2. The van der Waals surface area contributed by atoms with E-state index >= 15 is 0 Å². The van der Waals surface area contributed by atoms with Crippen molar-refractivity contribution in [3.05, 3.63) is 71.3 Å². The van der Waals surface area contributed by atoms with Crippen LogP contribution in [0.4, 0.5) is 0 Å². The van der Waals surface area contributed by atoms with Gasteiger partial charge in [-0.15, -0.1) is 0 Å². The molecule has 0 aliphatic heterocycles. The van der Waals surface area contributed by atoms with Crippen molar-refractivity contribution in [2.45, 2.75) is 19.0 Å². The van der Waals surface area contributed by atoms with Crippen LogP contribution < -0.4 is 16.5 Å². The average molecular weight is 339 g/mol. The number of hydroxylamine groups is 1. The number of nitrogens with two attached hydrogens (primary N) is 1. The van der Waals surface area contributed by atoms with Gasteiger partial charge in [-0.1, -0.05) is 54.6 Å². The van der Waals surface area contributed by atoms with E-state index in [-0.39, 0.29) is 0 Å². The van der Waals surface area contributed by atoms with Crippen LogP contribution in [0, 0.1) is 0 Å². The average Bonchev–Trinajstić information content (AvgIpc) is 2.64. The lowest BCUT2D eigenvalue weighted by Gasteiger charge is -2.20. The van der Waals surface area contributed by atoms with Crippen molar-refractivity contribution >= 4 is 24.0 Å². The minimum atomic E-state index is -1.02. The van der Waals surface area contributed by atoms with E-state index < -0.39 is 23.9 Å². The van der Waals surface area contributed by atoms with Gasteiger partial charge in [0.1, 0.15) is 6.04 Å². The molecule has 25 heavy (non-hydrogen) atoms. The van der Waals surface area contributed by atoms with Gasteiger partial charge in [0.25, 0.3) is 11.8 Å². The van der Waals surface area contributed by atoms with Crippen LogP contribution in [0.5, 0.6) is 0 Å². The minimum Gasteiger partial charge on any atom is -0.339 e. The molecule has 0 aromatic heterocycles. The van der Waals surface area contributed by atoms with Crippen molar-refractivity contribution in [3.63, 3.8) is 0 Å². The molecule has 2 amide bonds. The van der Waals surface area contributed by atoms with E-state index in [4.69, 9.17) is 10.9 Å². The van der Waals surface area contributed by atoms with Crippen molar-refractivity contribution in [1.29, 1.82) is 0 Å². The Hall–Kier alpha value is -2.96. The molecule has 0 unspecified atom stereocenters. The standard InChI is InChI=1S/C19H21N3O3/c1-13(20)17(19(24)22-25)21-18(23)16-11-9-15(10-12-16)8-7-14-5-3-2-4-6-14/h2-13,17,25H,20H2,1H3,(H,21,23)(H,22,24)/b8-7+/t13-,17+/m1/s1. The normalized spacial score (nSPS) is 13.2. The number of benzene rings is 2. The fraction of sp³-hybridized carbons (Fsp3) is 0.158. The zero-order valence-electron chi connectivity index (χ0n) is 13.8. The first-order valence-electron chi connectivity index (χ1n) is 7.85. The van der Waals surface area contributed by atoms with Gasteiger partial charge in [-0.2, -0.15) is 0 Å². The molecule has 2 rings (SSSR count). The number of hydrogen-bond donors (Lipinski definition) is 4. The molecular formula is C19H21N3O3. The third kappa shape index (κ3) is 5.27. The number of carbonyl (C=O) groups excluding carboxylic acids is 2. The Morgan fingerprint density at radius 3 is 2.08 bits per heavy atom. The van der Waals surface area contributed by atoms with Crippen LogP contribution in [0.25, 0.3) is 12.2 Å². The van der Waals surface area contributed by atoms with E-state index in [0.29, 0.717) is 5.56 Å². The lowest BCUT2D eigenvalue weighted by Crippen LogP contribution is -2.54. The van der Waals surface area contributed by atoms with E-state index in [9.17, 15) is 9.59 Å². The lowest BCUT2D eigenvalue weighted by atomic mass is 10.1. The molecule has 5 N–H and O–H groups in total. The van der Waals surface area contributed by atoms with E-state index in [1.807, 2.05) is 42.5 Å². The SMILES string of the molecule is C[C@@H](N)[C@H](NC(=O)c1ccc(/C=C/c2ccccc2)cc1)C(=O)NO. The number of rotatable bonds is 6. The summed E-state index contributed by atoms with van der Waals surface area (Å²) >= 11 is 0. The van der Waals surface area contributed by atoms with E-state index in [1.165, 1.54) is 5.48 Å². The van der Waals surface area contributed by atoms with Gasteiger partial charge in [0, 0.05) is 11.6 Å². The summed E-state index contributed by atoms with van der Waals surface area (Å²) in [5.41, 5.74) is 9.59. The van der Waals surface area contributed by atoms with Crippen molar-refractivity contribution < 1.29 is 14.8 Å². The molecule has 0 saturated carbocycles. The van der Waals surface area contributed by atoms with Crippen molar-refractivity contribution in [1.82, 2.24) is 10.8 Å². The molecule has 0 spiro atoms. The smallest absolute Gasteiger partial charge is 0.267 e. The topological polar surface area (TPSA) is 104 Å². The predicted molar refractivity (Wildman–Crippen MR) is 96.6 cm³/mol. The fourth-order valence-corrected chi connectivity index (χ4v) is 2.23. The summed E-state index contributed by atoms with van der Waals surface area (Å²) < 4.78 is 0. The highest BCUT2D eigenvalue weighted by molar-refractivity contribution is 5.97.